The van der Waals surface area contributed by atoms with Crippen LogP contribution in [0, 0.1) is 5.82 Å². The molecule has 0 aliphatic heterocycles. The third-order valence-electron chi connectivity index (χ3n) is 4.78. The van der Waals surface area contributed by atoms with Crippen LogP contribution in [0.3, 0.4) is 0 Å². The van der Waals surface area contributed by atoms with E-state index in [2.05, 4.69) is 15.6 Å². The molecule has 10 heteroatoms. The normalized spacial score (nSPS) is 10.8. The Kier molecular flexibility index (Phi) is 6.39. The van der Waals surface area contributed by atoms with Crippen LogP contribution in [0.15, 0.2) is 71.8 Å². The van der Waals surface area contributed by atoms with Crippen LogP contribution in [0.1, 0.15) is 26.3 Å². The van der Waals surface area contributed by atoms with Crippen molar-refractivity contribution < 1.29 is 14.0 Å². The zero-order chi connectivity index (χ0) is 23.5. The quantitative estimate of drug-likeness (QED) is 0.441. The first-order valence-electron chi connectivity index (χ1n) is 9.63. The number of hydrogen-bond acceptors (Lipinski definition) is 4. The van der Waals surface area contributed by atoms with Crippen LogP contribution < -0.4 is 16.2 Å². The standard InChI is InChI=1S/C23H15Cl2FN4O3/c24-16-4-1-5-17(25)19(16)22(32)29-18-12-27-20-15(3-2-10-30(20)23(18)33)21(31)28-11-13-6-8-14(26)9-7-13/h1-10,12H,11H2,(H,28,31)(H,29,32). The molecule has 4 aromatic rings. The van der Waals surface area contributed by atoms with Gasteiger partial charge in [-0.15, -0.1) is 0 Å². The number of halogens is 3. The zero-order valence-electron chi connectivity index (χ0n) is 16.8. The van der Waals surface area contributed by atoms with E-state index in [9.17, 15) is 18.8 Å². The van der Waals surface area contributed by atoms with Gasteiger partial charge in [0.2, 0.25) is 0 Å². The monoisotopic (exact) mass is 484 g/mol. The van der Waals surface area contributed by atoms with E-state index in [1.165, 1.54) is 42.6 Å². The maximum Gasteiger partial charge on any atom is 0.281 e. The number of nitrogens with one attached hydrogen (secondary N) is 2. The molecule has 0 unspecified atom stereocenters. The molecule has 166 valence electrons. The van der Waals surface area contributed by atoms with E-state index < -0.39 is 17.4 Å². The van der Waals surface area contributed by atoms with E-state index in [4.69, 9.17) is 23.2 Å². The summed E-state index contributed by atoms with van der Waals surface area (Å²) in [5.74, 6) is -1.51. The third-order valence-corrected chi connectivity index (χ3v) is 5.41. The van der Waals surface area contributed by atoms with Gasteiger partial charge in [0.25, 0.3) is 17.4 Å². The zero-order valence-corrected chi connectivity index (χ0v) is 18.3. The molecule has 0 saturated heterocycles. The summed E-state index contributed by atoms with van der Waals surface area (Å²) in [6, 6.07) is 13.3. The number of carbonyl (C=O) groups excluding carboxylic acids is 2. The second-order valence-corrected chi connectivity index (χ2v) is 7.77. The lowest BCUT2D eigenvalue weighted by atomic mass is 10.2. The van der Waals surface area contributed by atoms with Crippen molar-refractivity contribution in [3.63, 3.8) is 0 Å². The van der Waals surface area contributed by atoms with Crippen LogP contribution in [0.4, 0.5) is 10.1 Å². The van der Waals surface area contributed by atoms with Gasteiger partial charge in [0.1, 0.15) is 11.5 Å². The fourth-order valence-corrected chi connectivity index (χ4v) is 3.72. The first-order chi connectivity index (χ1) is 15.8. The number of aromatic nitrogens is 2. The molecule has 0 spiro atoms. The van der Waals surface area contributed by atoms with Crippen LogP contribution in [0.5, 0.6) is 0 Å². The Hall–Kier alpha value is -3.75. The van der Waals surface area contributed by atoms with Gasteiger partial charge >= 0.3 is 0 Å². The number of benzene rings is 2. The number of carbonyl (C=O) groups is 2. The summed E-state index contributed by atoms with van der Waals surface area (Å²) >= 11 is 12.1. The number of fused-ring (bicyclic) bond motifs is 1. The van der Waals surface area contributed by atoms with Crippen LogP contribution in [0.2, 0.25) is 10.0 Å². The predicted octanol–water partition coefficient (Wildman–Crippen LogP) is 4.32. The number of nitrogens with zero attached hydrogens (tertiary/aromatic N) is 2. The summed E-state index contributed by atoms with van der Waals surface area (Å²) in [4.78, 5) is 42.4. The van der Waals surface area contributed by atoms with Crippen molar-refractivity contribution in [1.29, 1.82) is 0 Å². The van der Waals surface area contributed by atoms with E-state index in [0.717, 1.165) is 10.6 Å². The van der Waals surface area contributed by atoms with Crippen molar-refractivity contribution >= 4 is 46.4 Å². The lowest BCUT2D eigenvalue weighted by Crippen LogP contribution is -2.27. The minimum atomic E-state index is -0.669. The summed E-state index contributed by atoms with van der Waals surface area (Å²) in [5, 5.41) is 5.44. The first-order valence-corrected chi connectivity index (χ1v) is 10.4. The molecule has 0 radical (unpaired) electrons. The van der Waals surface area contributed by atoms with Crippen LogP contribution >= 0.6 is 23.2 Å². The smallest absolute Gasteiger partial charge is 0.281 e. The summed E-state index contributed by atoms with van der Waals surface area (Å²) < 4.78 is 14.2. The molecule has 0 saturated carbocycles. The van der Waals surface area contributed by atoms with Crippen LogP contribution in [-0.2, 0) is 6.54 Å². The largest absolute Gasteiger partial charge is 0.348 e. The number of pyridine rings is 1. The van der Waals surface area contributed by atoms with Crippen molar-refractivity contribution in [1.82, 2.24) is 14.7 Å². The van der Waals surface area contributed by atoms with Gasteiger partial charge in [-0.1, -0.05) is 41.4 Å². The van der Waals surface area contributed by atoms with E-state index in [1.54, 1.807) is 18.2 Å². The first kappa shape index (κ1) is 22.4. The van der Waals surface area contributed by atoms with Gasteiger partial charge in [-0.3, -0.25) is 18.8 Å². The molecule has 2 aromatic carbocycles. The highest BCUT2D eigenvalue weighted by molar-refractivity contribution is 6.40. The fraction of sp³-hybridized carbons (Fsp3) is 0.0435. The molecule has 0 bridgehead atoms. The van der Waals surface area contributed by atoms with E-state index in [-0.39, 0.29) is 44.9 Å². The van der Waals surface area contributed by atoms with Crippen molar-refractivity contribution in [3.05, 3.63) is 110 Å². The van der Waals surface area contributed by atoms with Gasteiger partial charge in [-0.2, -0.15) is 0 Å². The Morgan fingerprint density at radius 3 is 2.36 bits per heavy atom. The van der Waals surface area contributed by atoms with Gasteiger partial charge < -0.3 is 10.6 Å². The second-order valence-electron chi connectivity index (χ2n) is 6.95. The maximum absolute atomic E-state index is 13.0. The van der Waals surface area contributed by atoms with Gasteiger partial charge in [-0.05, 0) is 42.0 Å². The molecule has 0 fully saturated rings. The summed E-state index contributed by atoms with van der Waals surface area (Å²) in [6.45, 7) is 0.164. The SMILES string of the molecule is O=C(Nc1cnc2c(C(=O)NCc3ccc(F)cc3)cccn2c1=O)c1c(Cl)cccc1Cl. The lowest BCUT2D eigenvalue weighted by Gasteiger charge is -2.11. The minimum absolute atomic E-state index is 0.0271. The van der Waals surface area contributed by atoms with Crippen LogP contribution in [0.25, 0.3) is 5.65 Å². The van der Waals surface area contributed by atoms with Crippen molar-refractivity contribution in [3.8, 4) is 0 Å². The molecule has 2 amide bonds. The van der Waals surface area contributed by atoms with Crippen LogP contribution in [-0.4, -0.2) is 21.2 Å². The molecule has 0 aliphatic carbocycles. The summed E-state index contributed by atoms with van der Waals surface area (Å²) in [5.41, 5.74) is 0.288. The molecule has 33 heavy (non-hydrogen) atoms. The second kappa shape index (κ2) is 9.40. The Morgan fingerprint density at radius 1 is 0.970 bits per heavy atom. The van der Waals surface area contributed by atoms with Crippen molar-refractivity contribution in [2.45, 2.75) is 6.54 Å². The molecular formula is C23H15Cl2FN4O3. The van der Waals surface area contributed by atoms with Crippen molar-refractivity contribution in [2.24, 2.45) is 0 Å². The summed E-state index contributed by atoms with van der Waals surface area (Å²) in [6.07, 6.45) is 2.59. The van der Waals surface area contributed by atoms with Gasteiger partial charge in [0, 0.05) is 12.7 Å². The summed E-state index contributed by atoms with van der Waals surface area (Å²) in [7, 11) is 0. The highest BCUT2D eigenvalue weighted by Gasteiger charge is 2.18. The number of anilines is 1. The number of rotatable bonds is 5. The molecular weight excluding hydrogens is 470 g/mol. The Labute approximate surface area is 196 Å². The lowest BCUT2D eigenvalue weighted by molar-refractivity contribution is 0.0951. The molecule has 0 aliphatic rings. The average molecular weight is 485 g/mol. The minimum Gasteiger partial charge on any atom is -0.348 e. The molecule has 0 atom stereocenters. The van der Waals surface area contributed by atoms with Gasteiger partial charge in [-0.25, -0.2) is 9.37 Å². The predicted molar refractivity (Wildman–Crippen MR) is 123 cm³/mol. The average Bonchev–Trinajstić information content (AvgIpc) is 2.80. The van der Waals surface area contributed by atoms with E-state index in [0.29, 0.717) is 5.56 Å². The van der Waals surface area contributed by atoms with E-state index in [1.807, 2.05) is 0 Å². The molecule has 7 nitrogen and oxygen atoms in total. The fourth-order valence-electron chi connectivity index (χ4n) is 3.15. The Bertz CT molecular complexity index is 1420. The maximum atomic E-state index is 13.0. The highest BCUT2D eigenvalue weighted by Crippen LogP contribution is 2.25. The van der Waals surface area contributed by atoms with E-state index >= 15 is 0 Å². The molecule has 2 aromatic heterocycles. The third kappa shape index (κ3) is 4.72. The number of amides is 2. The Morgan fingerprint density at radius 2 is 1.67 bits per heavy atom. The molecule has 4 rings (SSSR count). The number of hydrogen-bond donors (Lipinski definition) is 2. The van der Waals surface area contributed by atoms with Crippen molar-refractivity contribution in [2.75, 3.05) is 5.32 Å². The Balaban J connectivity index is 1.60. The highest BCUT2D eigenvalue weighted by atomic mass is 35.5. The van der Waals surface area contributed by atoms with Gasteiger partial charge in [0.15, 0.2) is 5.65 Å². The molecule has 2 N–H and O–H groups in total. The van der Waals surface area contributed by atoms with Gasteiger partial charge in [0.05, 0.1) is 27.4 Å². The molecule has 2 heterocycles. The topological polar surface area (TPSA) is 92.6 Å².